The van der Waals surface area contributed by atoms with Crippen LogP contribution in [0.25, 0.3) is 0 Å². The average Bonchev–Trinajstić information content (AvgIpc) is 2.51. The summed E-state index contributed by atoms with van der Waals surface area (Å²) in [4.78, 5) is 14.9. The standard InChI is InChI=1S/C11H17NO2S/c1-4-5-11(2,3)10-12-8(7-15-10)6-9(13)14/h7H,4-6H2,1-3H3,(H,13,14). The lowest BCUT2D eigenvalue weighted by molar-refractivity contribution is -0.136. The van der Waals surface area contributed by atoms with Gasteiger partial charge in [-0.2, -0.15) is 0 Å². The maximum absolute atomic E-state index is 10.5. The second-order valence-corrected chi connectivity index (χ2v) is 5.21. The molecule has 0 aromatic carbocycles. The number of hydrogen-bond donors (Lipinski definition) is 1. The van der Waals surface area contributed by atoms with Gasteiger partial charge in [0.2, 0.25) is 0 Å². The van der Waals surface area contributed by atoms with Crippen LogP contribution >= 0.6 is 11.3 Å². The number of aliphatic carboxylic acids is 1. The lowest BCUT2D eigenvalue weighted by Gasteiger charge is -2.20. The van der Waals surface area contributed by atoms with E-state index < -0.39 is 5.97 Å². The zero-order chi connectivity index (χ0) is 11.5. The van der Waals surface area contributed by atoms with Gasteiger partial charge in [0.15, 0.2) is 0 Å². The Hall–Kier alpha value is -0.900. The first-order chi connectivity index (χ1) is 6.95. The highest BCUT2D eigenvalue weighted by atomic mass is 32.1. The minimum atomic E-state index is -0.819. The Bertz CT molecular complexity index is 344. The molecular formula is C11H17NO2S. The minimum Gasteiger partial charge on any atom is -0.481 e. The summed E-state index contributed by atoms with van der Waals surface area (Å²) in [6, 6.07) is 0. The van der Waals surface area contributed by atoms with Crippen molar-refractivity contribution in [2.75, 3.05) is 0 Å². The molecule has 0 saturated heterocycles. The third-order valence-electron chi connectivity index (χ3n) is 2.34. The highest BCUT2D eigenvalue weighted by Crippen LogP contribution is 2.30. The lowest BCUT2D eigenvalue weighted by Crippen LogP contribution is -2.16. The van der Waals surface area contributed by atoms with Crippen LogP contribution in [0.15, 0.2) is 5.38 Å². The topological polar surface area (TPSA) is 50.2 Å². The van der Waals surface area contributed by atoms with Crippen molar-refractivity contribution < 1.29 is 9.90 Å². The van der Waals surface area contributed by atoms with Crippen molar-refractivity contribution in [3.63, 3.8) is 0 Å². The Morgan fingerprint density at radius 3 is 2.80 bits per heavy atom. The molecule has 0 atom stereocenters. The molecule has 4 heteroatoms. The summed E-state index contributed by atoms with van der Waals surface area (Å²) in [5.41, 5.74) is 0.738. The highest BCUT2D eigenvalue weighted by molar-refractivity contribution is 7.09. The van der Waals surface area contributed by atoms with E-state index in [1.54, 1.807) is 11.3 Å². The van der Waals surface area contributed by atoms with Gasteiger partial charge in [-0.05, 0) is 6.42 Å². The molecule has 1 rings (SSSR count). The van der Waals surface area contributed by atoms with Crippen LogP contribution in [0.1, 0.15) is 44.3 Å². The average molecular weight is 227 g/mol. The summed E-state index contributed by atoms with van der Waals surface area (Å²) >= 11 is 1.56. The summed E-state index contributed by atoms with van der Waals surface area (Å²) in [5, 5.41) is 11.5. The Morgan fingerprint density at radius 1 is 1.60 bits per heavy atom. The first-order valence-electron chi connectivity index (χ1n) is 5.12. The number of carboxylic acid groups (broad SMARTS) is 1. The van der Waals surface area contributed by atoms with Crippen LogP contribution in [0, 0.1) is 0 Å². The van der Waals surface area contributed by atoms with E-state index in [1.807, 2.05) is 5.38 Å². The number of hydrogen-bond acceptors (Lipinski definition) is 3. The number of carboxylic acids is 1. The van der Waals surface area contributed by atoms with Gasteiger partial charge < -0.3 is 5.11 Å². The zero-order valence-corrected chi connectivity index (χ0v) is 10.2. The van der Waals surface area contributed by atoms with Crippen LogP contribution in [0.5, 0.6) is 0 Å². The molecule has 0 spiro atoms. The smallest absolute Gasteiger partial charge is 0.309 e. The fourth-order valence-corrected chi connectivity index (χ4v) is 2.56. The SMILES string of the molecule is CCCC(C)(C)c1nc(CC(=O)O)cs1. The van der Waals surface area contributed by atoms with Crippen molar-refractivity contribution in [3.05, 3.63) is 16.1 Å². The first kappa shape index (κ1) is 12.2. The Labute approximate surface area is 94.2 Å². The monoisotopic (exact) mass is 227 g/mol. The normalized spacial score (nSPS) is 11.7. The molecule has 1 aromatic heterocycles. The summed E-state index contributed by atoms with van der Waals surface area (Å²) < 4.78 is 0. The predicted octanol–water partition coefficient (Wildman–Crippen LogP) is 2.85. The molecule has 0 radical (unpaired) electrons. The molecule has 0 aliphatic rings. The van der Waals surface area contributed by atoms with Gasteiger partial charge in [-0.1, -0.05) is 27.2 Å². The van der Waals surface area contributed by atoms with Gasteiger partial charge in [0.1, 0.15) is 0 Å². The van der Waals surface area contributed by atoms with Crippen LogP contribution < -0.4 is 0 Å². The van der Waals surface area contributed by atoms with E-state index in [1.165, 1.54) is 0 Å². The molecule has 0 aliphatic heterocycles. The summed E-state index contributed by atoms with van der Waals surface area (Å²) in [6.45, 7) is 6.45. The number of nitrogens with zero attached hydrogens (tertiary/aromatic N) is 1. The molecule has 0 amide bonds. The Morgan fingerprint density at radius 2 is 2.27 bits per heavy atom. The van der Waals surface area contributed by atoms with E-state index in [2.05, 4.69) is 25.8 Å². The molecule has 0 bridgehead atoms. The van der Waals surface area contributed by atoms with E-state index in [0.717, 1.165) is 17.8 Å². The van der Waals surface area contributed by atoms with Crippen LogP contribution in [-0.2, 0) is 16.6 Å². The van der Waals surface area contributed by atoms with Gasteiger partial charge in [0, 0.05) is 10.8 Å². The minimum absolute atomic E-state index is 0.0265. The molecule has 0 fully saturated rings. The molecule has 84 valence electrons. The van der Waals surface area contributed by atoms with Gasteiger partial charge in [0.25, 0.3) is 0 Å². The summed E-state index contributed by atoms with van der Waals surface area (Å²) in [7, 11) is 0. The number of aromatic nitrogens is 1. The van der Waals surface area contributed by atoms with Crippen molar-refractivity contribution in [1.82, 2.24) is 4.98 Å². The summed E-state index contributed by atoms with van der Waals surface area (Å²) in [5.74, 6) is -0.819. The van der Waals surface area contributed by atoms with Gasteiger partial charge in [-0.25, -0.2) is 4.98 Å². The fourth-order valence-electron chi connectivity index (χ4n) is 1.59. The number of carbonyl (C=O) groups is 1. The largest absolute Gasteiger partial charge is 0.481 e. The lowest BCUT2D eigenvalue weighted by atomic mass is 9.89. The third-order valence-corrected chi connectivity index (χ3v) is 3.60. The molecule has 1 heterocycles. The molecule has 0 aliphatic carbocycles. The summed E-state index contributed by atoms with van der Waals surface area (Å²) in [6.07, 6.45) is 2.21. The molecule has 3 nitrogen and oxygen atoms in total. The van der Waals surface area contributed by atoms with E-state index in [9.17, 15) is 4.79 Å². The Balaban J connectivity index is 2.78. The maximum atomic E-state index is 10.5. The van der Waals surface area contributed by atoms with Crippen LogP contribution in [-0.4, -0.2) is 16.1 Å². The van der Waals surface area contributed by atoms with Crippen molar-refractivity contribution >= 4 is 17.3 Å². The molecule has 0 unspecified atom stereocenters. The van der Waals surface area contributed by atoms with Gasteiger partial charge in [-0.15, -0.1) is 11.3 Å². The zero-order valence-electron chi connectivity index (χ0n) is 9.41. The number of rotatable bonds is 5. The van der Waals surface area contributed by atoms with Gasteiger partial charge >= 0.3 is 5.97 Å². The predicted molar refractivity (Wildman–Crippen MR) is 61.4 cm³/mol. The molecule has 15 heavy (non-hydrogen) atoms. The molecule has 1 N–H and O–H groups in total. The second kappa shape index (κ2) is 4.75. The van der Waals surface area contributed by atoms with Crippen molar-refractivity contribution in [1.29, 1.82) is 0 Å². The maximum Gasteiger partial charge on any atom is 0.309 e. The van der Waals surface area contributed by atoms with E-state index in [0.29, 0.717) is 5.69 Å². The van der Waals surface area contributed by atoms with Crippen LogP contribution in [0.2, 0.25) is 0 Å². The Kier molecular flexibility index (Phi) is 3.85. The highest BCUT2D eigenvalue weighted by Gasteiger charge is 2.23. The third kappa shape index (κ3) is 3.30. The molecule has 1 aromatic rings. The van der Waals surface area contributed by atoms with E-state index >= 15 is 0 Å². The first-order valence-corrected chi connectivity index (χ1v) is 6.00. The van der Waals surface area contributed by atoms with Gasteiger partial charge in [0.05, 0.1) is 17.1 Å². The molecule has 0 saturated carbocycles. The van der Waals surface area contributed by atoms with E-state index in [-0.39, 0.29) is 11.8 Å². The van der Waals surface area contributed by atoms with Crippen molar-refractivity contribution in [3.8, 4) is 0 Å². The second-order valence-electron chi connectivity index (χ2n) is 4.35. The van der Waals surface area contributed by atoms with E-state index in [4.69, 9.17) is 5.11 Å². The van der Waals surface area contributed by atoms with Gasteiger partial charge in [-0.3, -0.25) is 4.79 Å². The van der Waals surface area contributed by atoms with Crippen molar-refractivity contribution in [2.24, 2.45) is 0 Å². The quantitative estimate of drug-likeness (QED) is 0.841. The van der Waals surface area contributed by atoms with Crippen molar-refractivity contribution in [2.45, 2.75) is 45.4 Å². The van der Waals surface area contributed by atoms with Crippen LogP contribution in [0.3, 0.4) is 0 Å². The van der Waals surface area contributed by atoms with Crippen LogP contribution in [0.4, 0.5) is 0 Å². The fraction of sp³-hybridized carbons (Fsp3) is 0.636. The molecular weight excluding hydrogens is 210 g/mol. The number of thiazole rings is 1.